The van der Waals surface area contributed by atoms with Crippen LogP contribution >= 0.6 is 0 Å². The van der Waals surface area contributed by atoms with E-state index in [1.807, 2.05) is 26.8 Å². The number of piperazine rings is 1. The van der Waals surface area contributed by atoms with Crippen molar-refractivity contribution in [3.05, 3.63) is 72.1 Å². The fraction of sp³-hybridized carbons (Fsp3) is 0.607. The monoisotopic (exact) mass is 1020 g/mol. The van der Waals surface area contributed by atoms with Crippen LogP contribution in [0.15, 0.2) is 55.3 Å². The number of methoxy groups -OCH3 is 1. The fourth-order valence-corrected chi connectivity index (χ4v) is 12.2. The first kappa shape index (κ1) is 54.6. The number of esters is 1. The molecule has 1 spiro atoms. The van der Waals surface area contributed by atoms with E-state index in [0.717, 1.165) is 51.0 Å². The highest BCUT2D eigenvalue weighted by atomic mass is 19.1. The number of likely N-dealkylation sites (N-methyl/N-ethyl adjacent to an activating group) is 1. The number of likely N-dealkylation sites (tertiary alicyclic amines) is 1. The van der Waals surface area contributed by atoms with Crippen LogP contribution in [0.25, 0.3) is 27.7 Å². The number of aryl methyl sites for hydroxylation is 1. The van der Waals surface area contributed by atoms with Gasteiger partial charge in [-0.15, -0.1) is 0 Å². The van der Waals surface area contributed by atoms with Gasteiger partial charge in [-0.3, -0.25) is 39.0 Å². The zero-order valence-corrected chi connectivity index (χ0v) is 45.0. The van der Waals surface area contributed by atoms with Gasteiger partial charge in [-0.2, -0.15) is 0 Å². The fourth-order valence-electron chi connectivity index (χ4n) is 12.2. The maximum absolute atomic E-state index is 14.9. The normalized spacial score (nSPS) is 23.5. The summed E-state index contributed by atoms with van der Waals surface area (Å²) in [4.78, 5) is 85.0. The summed E-state index contributed by atoms with van der Waals surface area (Å²) >= 11 is 0. The largest absolute Gasteiger partial charge is 0.464 e. The number of carbonyl (C=O) groups is 5. The Bertz CT molecular complexity index is 2610. The maximum Gasteiger partial charge on any atom is 0.324 e. The van der Waals surface area contributed by atoms with Crippen molar-refractivity contribution >= 4 is 46.2 Å². The van der Waals surface area contributed by atoms with Gasteiger partial charge in [-0.05, 0) is 105 Å². The highest BCUT2D eigenvalue weighted by molar-refractivity contribution is 5.95. The van der Waals surface area contributed by atoms with Crippen LogP contribution in [-0.2, 0) is 41.6 Å². The number of halogens is 1. The molecule has 0 saturated carbocycles. The maximum atomic E-state index is 14.9. The lowest BCUT2D eigenvalue weighted by molar-refractivity contribution is -0.155. The van der Waals surface area contributed by atoms with Crippen molar-refractivity contribution in [1.82, 2.24) is 49.8 Å². The summed E-state index contributed by atoms with van der Waals surface area (Å²) in [6.45, 7) is 20.3. The minimum atomic E-state index is -1.03. The molecular weight excluding hydrogens is 944 g/mol. The van der Waals surface area contributed by atoms with E-state index >= 15 is 0 Å². The SMILES string of the molecule is C=CC(=O)N1CCN(CCF)C2(CCN(C(=O)N(C)[C@H](C(=O)N[C@H]3CN4CCC=C(C4)c4ccc5c(c4)c(c(-c4cccnc4[C@H](C)OC)n5CC)CC(C)(C)COC(=O)[C@@H]4CCCN(N4)C3=O)C(C)C)CC2)C1. The summed E-state index contributed by atoms with van der Waals surface area (Å²) in [6.07, 6.45) is 8.53. The van der Waals surface area contributed by atoms with Crippen molar-refractivity contribution in [3.63, 3.8) is 0 Å². The van der Waals surface area contributed by atoms with E-state index in [0.29, 0.717) is 91.0 Å². The van der Waals surface area contributed by atoms with Crippen molar-refractivity contribution < 1.29 is 37.8 Å². The third-order valence-electron chi connectivity index (χ3n) is 16.2. The molecule has 3 fully saturated rings. The van der Waals surface area contributed by atoms with Gasteiger partial charge in [0.1, 0.15) is 24.8 Å². The van der Waals surface area contributed by atoms with Crippen molar-refractivity contribution in [3.8, 4) is 11.3 Å². The van der Waals surface area contributed by atoms with Gasteiger partial charge >= 0.3 is 12.0 Å². The van der Waals surface area contributed by atoms with Gasteiger partial charge in [0.25, 0.3) is 5.91 Å². The van der Waals surface area contributed by atoms with Crippen molar-refractivity contribution in [2.75, 3.05) is 92.9 Å². The number of benzene rings is 1. The quantitative estimate of drug-likeness (QED) is 0.175. The van der Waals surface area contributed by atoms with E-state index < -0.39 is 47.6 Å². The third kappa shape index (κ3) is 11.3. The number of pyridine rings is 1. The Balaban J connectivity index is 1.08. The molecule has 1 unspecified atom stereocenters. The molecule has 3 saturated heterocycles. The molecule has 8 rings (SSSR count). The molecule has 17 nitrogen and oxygen atoms in total. The van der Waals surface area contributed by atoms with Crippen LogP contribution in [0.2, 0.25) is 0 Å². The number of ether oxygens (including phenoxy) is 2. The standard InChI is InChI=1S/C56H79FN10O7/c1-10-47(68)64-29-30-65(28-22-57)56(35-64)20-26-63(27-21-56)54(72)61(8)49(37(3)4)51(69)59-45-34-62-24-13-15-40(33-62)39-18-19-46-42(31-39)43(50(66(46)11-2)41-16-12-23-58-48(41)38(5)73-9)32-55(6,7)36-74-53(71)44-17-14-25-67(60-44)52(45)70/h10,12,15-16,18-19,23,31,37-38,44-45,49,60H,1,11,13-14,17,20-22,24-30,32-36H2,2-9H3,(H,59,69)/t38-,44-,45-,49-/m0/s1. The summed E-state index contributed by atoms with van der Waals surface area (Å²) in [5.74, 6) is -1.78. The van der Waals surface area contributed by atoms with Gasteiger partial charge in [-0.1, -0.05) is 46.4 Å². The van der Waals surface area contributed by atoms with Crippen LogP contribution in [0, 0.1) is 11.3 Å². The summed E-state index contributed by atoms with van der Waals surface area (Å²) in [5, 5.41) is 5.69. The minimum Gasteiger partial charge on any atom is -0.464 e. The van der Waals surface area contributed by atoms with E-state index in [2.05, 4.69) is 82.8 Å². The van der Waals surface area contributed by atoms with Gasteiger partial charge in [0.05, 0.1) is 24.1 Å². The molecule has 7 heterocycles. The molecule has 5 amide bonds. The van der Waals surface area contributed by atoms with E-state index in [-0.39, 0.29) is 49.6 Å². The first-order valence-corrected chi connectivity index (χ1v) is 26.8. The van der Waals surface area contributed by atoms with Crippen molar-refractivity contribution in [2.24, 2.45) is 11.3 Å². The molecule has 5 atom stereocenters. The molecule has 5 aliphatic rings. The zero-order chi connectivity index (χ0) is 53.1. The average Bonchev–Trinajstić information content (AvgIpc) is 3.70. The van der Waals surface area contributed by atoms with Crippen molar-refractivity contribution in [1.29, 1.82) is 0 Å². The number of nitrogens with one attached hydrogen (secondary N) is 2. The lowest BCUT2D eigenvalue weighted by Gasteiger charge is -2.54. The van der Waals surface area contributed by atoms with Gasteiger partial charge in [0.2, 0.25) is 11.8 Å². The van der Waals surface area contributed by atoms with Gasteiger partial charge in [-0.25, -0.2) is 14.6 Å². The molecule has 0 radical (unpaired) electrons. The number of fused-ring (bicyclic) bond motifs is 6. The van der Waals surface area contributed by atoms with Crippen molar-refractivity contribution in [2.45, 2.75) is 116 Å². The number of piperidine rings is 1. The number of hydrogen-bond donors (Lipinski definition) is 2. The van der Waals surface area contributed by atoms with Crippen LogP contribution in [0.4, 0.5) is 9.18 Å². The molecular formula is C56H79FN10O7. The summed E-state index contributed by atoms with van der Waals surface area (Å²) in [5.41, 5.74) is 9.50. The lowest BCUT2D eigenvalue weighted by atomic mass is 9.83. The first-order valence-electron chi connectivity index (χ1n) is 26.8. The zero-order valence-electron chi connectivity index (χ0n) is 45.0. The van der Waals surface area contributed by atoms with E-state index in [1.165, 1.54) is 16.0 Å². The minimum absolute atomic E-state index is 0.136. The number of rotatable bonds is 11. The summed E-state index contributed by atoms with van der Waals surface area (Å²) in [7, 11) is 3.32. The Morgan fingerprint density at radius 3 is 2.54 bits per heavy atom. The number of carbonyl (C=O) groups excluding carboxylic acids is 5. The Morgan fingerprint density at radius 2 is 1.84 bits per heavy atom. The van der Waals surface area contributed by atoms with Crippen LogP contribution in [0.3, 0.4) is 0 Å². The Hall–Kier alpha value is -5.69. The predicted molar refractivity (Wildman–Crippen MR) is 283 cm³/mol. The highest BCUT2D eigenvalue weighted by Crippen LogP contribution is 2.42. The summed E-state index contributed by atoms with van der Waals surface area (Å²) in [6, 6.07) is 7.64. The number of hydrogen-bond acceptors (Lipinski definition) is 11. The predicted octanol–water partition coefficient (Wildman–Crippen LogP) is 5.84. The Kier molecular flexibility index (Phi) is 17.0. The molecule has 1 aromatic carbocycles. The number of hydrazine groups is 1. The molecule has 2 N–H and O–H groups in total. The van der Waals surface area contributed by atoms with Crippen LogP contribution in [-0.4, -0.2) is 185 Å². The summed E-state index contributed by atoms with van der Waals surface area (Å²) < 4.78 is 28.2. The van der Waals surface area contributed by atoms with Crippen LogP contribution in [0.1, 0.15) is 96.6 Å². The Labute approximate surface area is 436 Å². The molecule has 402 valence electrons. The van der Waals surface area contributed by atoms with E-state index in [4.69, 9.17) is 14.5 Å². The Morgan fingerprint density at radius 1 is 1.07 bits per heavy atom. The average molecular weight is 1020 g/mol. The number of amides is 5. The van der Waals surface area contributed by atoms with E-state index in [1.54, 1.807) is 30.2 Å². The number of cyclic esters (lactones) is 1. The lowest BCUT2D eigenvalue weighted by Crippen LogP contribution is -2.67. The molecule has 74 heavy (non-hydrogen) atoms. The second kappa shape index (κ2) is 23.1. The van der Waals surface area contributed by atoms with Gasteiger partial charge < -0.3 is 34.1 Å². The first-order chi connectivity index (χ1) is 35.4. The molecule has 2 aromatic heterocycles. The third-order valence-corrected chi connectivity index (χ3v) is 16.2. The molecule has 3 aromatic rings. The smallest absolute Gasteiger partial charge is 0.324 e. The topological polar surface area (TPSA) is 165 Å². The molecule has 0 aliphatic carbocycles. The van der Waals surface area contributed by atoms with Gasteiger partial charge in [0.15, 0.2) is 0 Å². The number of urea groups is 1. The van der Waals surface area contributed by atoms with E-state index in [9.17, 15) is 28.4 Å². The molecule has 5 aliphatic heterocycles. The second-order valence-corrected chi connectivity index (χ2v) is 22.1. The van der Waals surface area contributed by atoms with Crippen LogP contribution < -0.4 is 10.7 Å². The molecule has 18 heteroatoms. The second-order valence-electron chi connectivity index (χ2n) is 22.1. The number of aromatic nitrogens is 2. The number of nitrogens with zero attached hydrogens (tertiary/aromatic N) is 8. The van der Waals surface area contributed by atoms with Crippen LogP contribution in [0.5, 0.6) is 0 Å². The highest BCUT2D eigenvalue weighted by Gasteiger charge is 2.47. The van der Waals surface area contributed by atoms with Gasteiger partial charge in [0, 0.05) is 120 Å². The molecule has 6 bridgehead atoms. The number of alkyl halides is 1.